The van der Waals surface area contributed by atoms with Crippen LogP contribution in [0.25, 0.3) is 0 Å². The third-order valence-electron chi connectivity index (χ3n) is 2.05. The molecule has 0 aromatic carbocycles. The molecule has 6 nitrogen and oxygen atoms in total. The fourth-order valence-electron chi connectivity index (χ4n) is 1.20. The van der Waals surface area contributed by atoms with Gasteiger partial charge in [0.25, 0.3) is 10.0 Å². The Morgan fingerprint density at radius 1 is 1.47 bits per heavy atom. The first-order chi connectivity index (χ1) is 8.92. The maximum Gasteiger partial charge on any atom is 0.266 e. The summed E-state index contributed by atoms with van der Waals surface area (Å²) in [6.07, 6.45) is 2.11. The molecule has 0 bridgehead atoms. The summed E-state index contributed by atoms with van der Waals surface area (Å²) in [5, 5.41) is 8.44. The number of aryl methyl sites for hydroxylation is 1. The van der Waals surface area contributed by atoms with Gasteiger partial charge >= 0.3 is 0 Å². The summed E-state index contributed by atoms with van der Waals surface area (Å²) in [7, 11) is -3.83. The van der Waals surface area contributed by atoms with Crippen LogP contribution in [0.5, 0.6) is 0 Å². The van der Waals surface area contributed by atoms with Crippen LogP contribution in [0.1, 0.15) is 11.9 Å². The molecule has 0 atom stereocenters. The van der Waals surface area contributed by atoms with Gasteiger partial charge in [-0.2, -0.15) is 0 Å². The van der Waals surface area contributed by atoms with Crippen molar-refractivity contribution in [2.24, 2.45) is 0 Å². The molecule has 0 unspecified atom stereocenters. The van der Waals surface area contributed by atoms with Crippen molar-refractivity contribution in [3.63, 3.8) is 0 Å². The molecule has 2 aromatic heterocycles. The Balaban J connectivity index is 2.34. The number of halogens is 2. The predicted molar refractivity (Wildman–Crippen MR) is 77.0 cm³/mol. The number of sulfonamides is 1. The molecule has 2 aromatic rings. The van der Waals surface area contributed by atoms with Crippen LogP contribution in [0.15, 0.2) is 21.6 Å². The summed E-state index contributed by atoms with van der Waals surface area (Å²) < 4.78 is 27.2. The molecule has 0 saturated carbocycles. The molecule has 0 aliphatic rings. The molecule has 19 heavy (non-hydrogen) atoms. The van der Waals surface area contributed by atoms with Crippen molar-refractivity contribution in [1.29, 1.82) is 0 Å². The molecule has 102 valence electrons. The van der Waals surface area contributed by atoms with Gasteiger partial charge in [0, 0.05) is 10.7 Å². The fourth-order valence-corrected chi connectivity index (χ4v) is 4.05. The zero-order valence-electron chi connectivity index (χ0n) is 9.59. The summed E-state index contributed by atoms with van der Waals surface area (Å²) in [6.45, 7) is 1.91. The van der Waals surface area contributed by atoms with Gasteiger partial charge in [-0.05, 0) is 28.4 Å². The number of pyridine rings is 1. The average Bonchev–Trinajstić information content (AvgIpc) is 2.79. The van der Waals surface area contributed by atoms with E-state index in [-0.39, 0.29) is 15.2 Å². The summed E-state index contributed by atoms with van der Waals surface area (Å²) >= 11 is 10.1. The van der Waals surface area contributed by atoms with Crippen LogP contribution in [0.4, 0.5) is 5.13 Å². The quantitative estimate of drug-likeness (QED) is 0.821. The number of nitrogens with zero attached hydrogens (tertiary/aromatic N) is 3. The van der Waals surface area contributed by atoms with Crippen molar-refractivity contribution in [3.05, 3.63) is 26.9 Å². The number of hydrogen-bond donors (Lipinski definition) is 1. The number of hydrogen-bond acceptors (Lipinski definition) is 6. The summed E-state index contributed by atoms with van der Waals surface area (Å²) in [5.41, 5.74) is 0. The van der Waals surface area contributed by atoms with E-state index in [9.17, 15) is 8.42 Å². The van der Waals surface area contributed by atoms with E-state index in [1.807, 2.05) is 6.92 Å². The van der Waals surface area contributed by atoms with Crippen molar-refractivity contribution in [1.82, 2.24) is 15.2 Å². The molecule has 0 spiro atoms. The molecular formula is C9H8BrClN4O2S2. The highest BCUT2D eigenvalue weighted by atomic mass is 79.9. The summed E-state index contributed by atoms with van der Waals surface area (Å²) in [6, 6.07) is 1.37. The third-order valence-corrected chi connectivity index (χ3v) is 5.37. The Morgan fingerprint density at radius 2 is 2.21 bits per heavy atom. The van der Waals surface area contributed by atoms with Gasteiger partial charge in [-0.1, -0.05) is 29.9 Å². The molecular weight excluding hydrogens is 376 g/mol. The molecule has 0 aliphatic heterocycles. The van der Waals surface area contributed by atoms with Crippen molar-refractivity contribution in [2.75, 3.05) is 4.72 Å². The maximum atomic E-state index is 12.2. The van der Waals surface area contributed by atoms with E-state index in [1.54, 1.807) is 0 Å². The van der Waals surface area contributed by atoms with Crippen LogP contribution in [-0.4, -0.2) is 23.6 Å². The molecule has 0 fully saturated rings. The van der Waals surface area contributed by atoms with Crippen LogP contribution in [0.2, 0.25) is 5.15 Å². The van der Waals surface area contributed by atoms with E-state index >= 15 is 0 Å². The van der Waals surface area contributed by atoms with Gasteiger partial charge in [-0.15, -0.1) is 10.2 Å². The van der Waals surface area contributed by atoms with Gasteiger partial charge in [-0.25, -0.2) is 13.4 Å². The van der Waals surface area contributed by atoms with Crippen LogP contribution < -0.4 is 4.72 Å². The zero-order valence-corrected chi connectivity index (χ0v) is 13.6. The van der Waals surface area contributed by atoms with E-state index < -0.39 is 10.0 Å². The highest BCUT2D eigenvalue weighted by Gasteiger charge is 2.21. The van der Waals surface area contributed by atoms with Crippen LogP contribution in [-0.2, 0) is 16.4 Å². The lowest BCUT2D eigenvalue weighted by Gasteiger charge is -2.06. The minimum Gasteiger partial charge on any atom is -0.253 e. The lowest BCUT2D eigenvalue weighted by Crippen LogP contribution is -2.13. The maximum absolute atomic E-state index is 12.2. The SMILES string of the molecule is CCc1nnc(NS(=O)(=O)c2cc(Br)cnc2Cl)s1. The van der Waals surface area contributed by atoms with Crippen molar-refractivity contribution >= 4 is 54.0 Å². The van der Waals surface area contributed by atoms with E-state index in [1.165, 1.54) is 23.6 Å². The van der Waals surface area contributed by atoms with Crippen LogP contribution >= 0.6 is 38.9 Å². The Labute approximate surface area is 127 Å². The molecule has 0 amide bonds. The van der Waals surface area contributed by atoms with E-state index in [4.69, 9.17) is 11.6 Å². The summed E-state index contributed by atoms with van der Waals surface area (Å²) in [5.74, 6) is 0. The zero-order chi connectivity index (χ0) is 14.0. The molecule has 2 heterocycles. The molecule has 10 heteroatoms. The monoisotopic (exact) mass is 382 g/mol. The molecule has 0 aliphatic carbocycles. The van der Waals surface area contributed by atoms with Crippen molar-refractivity contribution < 1.29 is 8.42 Å². The first-order valence-electron chi connectivity index (χ1n) is 5.08. The second kappa shape index (κ2) is 5.70. The summed E-state index contributed by atoms with van der Waals surface area (Å²) in [4.78, 5) is 3.66. The van der Waals surface area contributed by atoms with Gasteiger partial charge in [0.2, 0.25) is 5.13 Å². The highest BCUT2D eigenvalue weighted by molar-refractivity contribution is 9.10. The largest absolute Gasteiger partial charge is 0.266 e. The van der Waals surface area contributed by atoms with E-state index in [2.05, 4.69) is 35.8 Å². The van der Waals surface area contributed by atoms with Gasteiger partial charge in [-0.3, -0.25) is 4.72 Å². The standard InChI is InChI=1S/C9H8BrClN4O2S2/c1-2-7-13-14-9(18-7)15-19(16,17)6-3-5(10)4-12-8(6)11/h3-4H,2H2,1H3,(H,14,15). The molecule has 0 saturated heterocycles. The van der Waals surface area contributed by atoms with E-state index in [0.717, 1.165) is 5.01 Å². The lowest BCUT2D eigenvalue weighted by atomic mass is 10.5. The van der Waals surface area contributed by atoms with Gasteiger partial charge in [0.05, 0.1) is 0 Å². The smallest absolute Gasteiger partial charge is 0.253 e. The highest BCUT2D eigenvalue weighted by Crippen LogP contribution is 2.26. The molecule has 2 rings (SSSR count). The predicted octanol–water partition coefficient (Wildman–Crippen LogP) is 2.71. The van der Waals surface area contributed by atoms with Gasteiger partial charge < -0.3 is 0 Å². The third kappa shape index (κ3) is 3.41. The van der Waals surface area contributed by atoms with E-state index in [0.29, 0.717) is 10.9 Å². The second-order valence-corrected chi connectivity index (χ2v) is 7.39. The Bertz CT molecular complexity index is 704. The lowest BCUT2D eigenvalue weighted by molar-refractivity contribution is 0.600. The minimum absolute atomic E-state index is 0.101. The molecule has 0 radical (unpaired) electrons. The first-order valence-corrected chi connectivity index (χ1v) is 8.55. The van der Waals surface area contributed by atoms with Gasteiger partial charge in [0.15, 0.2) is 0 Å². The van der Waals surface area contributed by atoms with Crippen molar-refractivity contribution in [2.45, 2.75) is 18.2 Å². The van der Waals surface area contributed by atoms with Crippen LogP contribution in [0, 0.1) is 0 Å². The first kappa shape index (κ1) is 14.6. The minimum atomic E-state index is -3.83. The second-order valence-electron chi connectivity index (χ2n) is 3.40. The normalized spacial score (nSPS) is 11.5. The van der Waals surface area contributed by atoms with Gasteiger partial charge in [0.1, 0.15) is 15.1 Å². The number of aromatic nitrogens is 3. The fraction of sp³-hybridized carbons (Fsp3) is 0.222. The Kier molecular flexibility index (Phi) is 4.39. The number of anilines is 1. The Morgan fingerprint density at radius 3 is 2.84 bits per heavy atom. The van der Waals surface area contributed by atoms with Crippen molar-refractivity contribution in [3.8, 4) is 0 Å². The Hall–Kier alpha value is -0.770. The topological polar surface area (TPSA) is 84.8 Å². The molecule has 1 N–H and O–H groups in total. The number of nitrogens with one attached hydrogen (secondary N) is 1. The van der Waals surface area contributed by atoms with Crippen LogP contribution in [0.3, 0.4) is 0 Å². The average molecular weight is 384 g/mol. The number of rotatable bonds is 4.